The first kappa shape index (κ1) is 15.2. The number of benzene rings is 2. The van der Waals surface area contributed by atoms with E-state index in [2.05, 4.69) is 16.0 Å². The first-order valence-corrected chi connectivity index (χ1v) is 7.60. The molecule has 1 heterocycles. The molecule has 23 heavy (non-hydrogen) atoms. The monoisotopic (exact) mass is 319 g/mol. The van der Waals surface area contributed by atoms with Crippen LogP contribution >= 0.6 is 11.6 Å². The van der Waals surface area contributed by atoms with E-state index in [0.29, 0.717) is 17.1 Å². The fourth-order valence-electron chi connectivity index (χ4n) is 2.66. The standard InChI is InChI=1S/C19H14ClN3/c20-17-8-6-16(7-9-17)19(14-21,18-13-22-10-11-23-18)12-15-4-2-1-3-5-15/h1-11,13H,12H2/t19-/m1/s1. The van der Waals surface area contributed by atoms with E-state index in [1.165, 1.54) is 0 Å². The van der Waals surface area contributed by atoms with Crippen LogP contribution in [0.4, 0.5) is 0 Å². The number of hydrogen-bond donors (Lipinski definition) is 0. The summed E-state index contributed by atoms with van der Waals surface area (Å²) in [6.07, 6.45) is 5.39. The van der Waals surface area contributed by atoms with Crippen LogP contribution in [0.2, 0.25) is 5.02 Å². The Morgan fingerprint density at radius 2 is 1.74 bits per heavy atom. The fourth-order valence-corrected chi connectivity index (χ4v) is 2.78. The number of aromatic nitrogens is 2. The number of nitriles is 1. The first-order valence-electron chi connectivity index (χ1n) is 7.22. The highest BCUT2D eigenvalue weighted by atomic mass is 35.5. The Balaban J connectivity index is 2.16. The SMILES string of the molecule is N#C[C@](Cc1ccccc1)(c1ccc(Cl)cc1)c1cnccn1. The van der Waals surface area contributed by atoms with Gasteiger partial charge in [0.1, 0.15) is 5.41 Å². The number of halogens is 1. The van der Waals surface area contributed by atoms with Crippen molar-refractivity contribution in [2.45, 2.75) is 11.8 Å². The number of rotatable bonds is 4. The lowest BCUT2D eigenvalue weighted by atomic mass is 9.74. The van der Waals surface area contributed by atoms with Crippen LogP contribution in [0.1, 0.15) is 16.8 Å². The van der Waals surface area contributed by atoms with Crippen LogP contribution in [-0.2, 0) is 11.8 Å². The number of hydrogen-bond acceptors (Lipinski definition) is 3. The lowest BCUT2D eigenvalue weighted by molar-refractivity contribution is 0.626. The van der Waals surface area contributed by atoms with Crippen LogP contribution < -0.4 is 0 Å². The van der Waals surface area contributed by atoms with Crippen molar-refractivity contribution in [2.24, 2.45) is 0 Å². The number of nitrogens with zero attached hydrogens (tertiary/aromatic N) is 3. The molecule has 0 bridgehead atoms. The van der Waals surface area contributed by atoms with Crippen molar-refractivity contribution in [1.29, 1.82) is 5.26 Å². The molecule has 0 amide bonds. The van der Waals surface area contributed by atoms with Gasteiger partial charge >= 0.3 is 0 Å². The van der Waals surface area contributed by atoms with Crippen molar-refractivity contribution in [2.75, 3.05) is 0 Å². The molecule has 3 nitrogen and oxygen atoms in total. The quantitative estimate of drug-likeness (QED) is 0.724. The van der Waals surface area contributed by atoms with Gasteiger partial charge in [-0.25, -0.2) is 0 Å². The van der Waals surface area contributed by atoms with E-state index >= 15 is 0 Å². The van der Waals surface area contributed by atoms with Gasteiger partial charge in [-0.3, -0.25) is 9.97 Å². The Bertz CT molecular complexity index is 811. The third kappa shape index (κ3) is 3.08. The summed E-state index contributed by atoms with van der Waals surface area (Å²) >= 11 is 6.00. The van der Waals surface area contributed by atoms with Crippen LogP contribution in [0.5, 0.6) is 0 Å². The molecule has 3 rings (SSSR count). The van der Waals surface area contributed by atoms with Gasteiger partial charge in [0.15, 0.2) is 0 Å². The molecule has 0 fully saturated rings. The van der Waals surface area contributed by atoms with Gasteiger partial charge in [0.2, 0.25) is 0 Å². The molecule has 0 aliphatic carbocycles. The molecule has 4 heteroatoms. The highest BCUT2D eigenvalue weighted by Crippen LogP contribution is 2.34. The third-order valence-corrected chi connectivity index (χ3v) is 4.09. The smallest absolute Gasteiger partial charge is 0.130 e. The summed E-state index contributed by atoms with van der Waals surface area (Å²) in [6.45, 7) is 0. The summed E-state index contributed by atoms with van der Waals surface area (Å²) in [5.41, 5.74) is 1.65. The summed E-state index contributed by atoms with van der Waals surface area (Å²) in [4.78, 5) is 8.54. The molecule has 1 atom stereocenters. The molecule has 0 saturated carbocycles. The van der Waals surface area contributed by atoms with Gasteiger partial charge in [0, 0.05) is 23.8 Å². The van der Waals surface area contributed by atoms with Crippen molar-refractivity contribution in [3.8, 4) is 6.07 Å². The van der Waals surface area contributed by atoms with E-state index in [9.17, 15) is 5.26 Å². The minimum atomic E-state index is -0.903. The summed E-state index contributed by atoms with van der Waals surface area (Å²) in [6, 6.07) is 19.7. The zero-order valence-electron chi connectivity index (χ0n) is 12.4. The second-order valence-corrected chi connectivity index (χ2v) is 5.71. The summed E-state index contributed by atoms with van der Waals surface area (Å²) in [5, 5.41) is 10.7. The molecule has 112 valence electrons. The topological polar surface area (TPSA) is 49.6 Å². The minimum absolute atomic E-state index is 0.519. The molecule has 2 aromatic carbocycles. The van der Waals surface area contributed by atoms with Gasteiger partial charge in [0.25, 0.3) is 0 Å². The summed E-state index contributed by atoms with van der Waals surface area (Å²) in [7, 11) is 0. The van der Waals surface area contributed by atoms with E-state index in [4.69, 9.17) is 11.6 Å². The van der Waals surface area contributed by atoms with Gasteiger partial charge in [0.05, 0.1) is 18.0 Å². The molecule has 0 radical (unpaired) electrons. The van der Waals surface area contributed by atoms with Gasteiger partial charge in [-0.1, -0.05) is 54.1 Å². The van der Waals surface area contributed by atoms with E-state index < -0.39 is 5.41 Å². The average Bonchev–Trinajstić information content (AvgIpc) is 2.62. The highest BCUT2D eigenvalue weighted by molar-refractivity contribution is 6.30. The predicted octanol–water partition coefficient (Wildman–Crippen LogP) is 4.18. The van der Waals surface area contributed by atoms with Crippen LogP contribution in [0.15, 0.2) is 73.2 Å². The van der Waals surface area contributed by atoms with Gasteiger partial charge in [-0.2, -0.15) is 5.26 Å². The molecule has 3 aromatic rings. The van der Waals surface area contributed by atoms with Crippen molar-refractivity contribution >= 4 is 11.6 Å². The van der Waals surface area contributed by atoms with Gasteiger partial charge in [-0.05, 0) is 23.3 Å². The highest BCUT2D eigenvalue weighted by Gasteiger charge is 2.36. The lowest BCUT2D eigenvalue weighted by Gasteiger charge is -2.26. The second-order valence-electron chi connectivity index (χ2n) is 5.28. The Kier molecular flexibility index (Phi) is 4.36. The van der Waals surface area contributed by atoms with Crippen LogP contribution in [-0.4, -0.2) is 9.97 Å². The molecule has 0 spiro atoms. The zero-order valence-corrected chi connectivity index (χ0v) is 13.1. The zero-order chi connectivity index (χ0) is 16.1. The Labute approximate surface area is 140 Å². The maximum atomic E-state index is 10.1. The molecular formula is C19H14ClN3. The molecule has 0 aliphatic rings. The summed E-state index contributed by atoms with van der Waals surface area (Å²) < 4.78 is 0. The molecule has 0 aliphatic heterocycles. The van der Waals surface area contributed by atoms with Crippen LogP contribution in [0, 0.1) is 11.3 Å². The molecular weight excluding hydrogens is 306 g/mol. The van der Waals surface area contributed by atoms with E-state index in [1.807, 2.05) is 42.5 Å². The molecule has 1 aromatic heterocycles. The van der Waals surface area contributed by atoms with E-state index in [-0.39, 0.29) is 0 Å². The molecule has 0 saturated heterocycles. The van der Waals surface area contributed by atoms with E-state index in [1.54, 1.807) is 30.7 Å². The average molecular weight is 320 g/mol. The van der Waals surface area contributed by atoms with Gasteiger partial charge < -0.3 is 0 Å². The Hall–Kier alpha value is -2.70. The Morgan fingerprint density at radius 3 is 2.35 bits per heavy atom. The van der Waals surface area contributed by atoms with Crippen molar-refractivity contribution in [3.05, 3.63) is 95.0 Å². The van der Waals surface area contributed by atoms with Gasteiger partial charge in [-0.15, -0.1) is 0 Å². The maximum Gasteiger partial charge on any atom is 0.130 e. The van der Waals surface area contributed by atoms with E-state index in [0.717, 1.165) is 11.1 Å². The van der Waals surface area contributed by atoms with Crippen LogP contribution in [0.3, 0.4) is 0 Å². The largest absolute Gasteiger partial charge is 0.261 e. The molecule has 0 N–H and O–H groups in total. The lowest BCUT2D eigenvalue weighted by Crippen LogP contribution is -2.30. The van der Waals surface area contributed by atoms with Crippen molar-refractivity contribution in [1.82, 2.24) is 9.97 Å². The Morgan fingerprint density at radius 1 is 1.00 bits per heavy atom. The minimum Gasteiger partial charge on any atom is -0.261 e. The third-order valence-electron chi connectivity index (χ3n) is 3.84. The second kappa shape index (κ2) is 6.60. The summed E-state index contributed by atoms with van der Waals surface area (Å²) in [5.74, 6) is 0. The fraction of sp³-hybridized carbons (Fsp3) is 0.105. The maximum absolute atomic E-state index is 10.1. The molecule has 0 unspecified atom stereocenters. The van der Waals surface area contributed by atoms with Crippen molar-refractivity contribution in [3.63, 3.8) is 0 Å². The van der Waals surface area contributed by atoms with Crippen molar-refractivity contribution < 1.29 is 0 Å². The predicted molar refractivity (Wildman–Crippen MR) is 90.0 cm³/mol. The normalized spacial score (nSPS) is 13.0. The first-order chi connectivity index (χ1) is 11.2. The van der Waals surface area contributed by atoms with Crippen LogP contribution in [0.25, 0.3) is 0 Å².